The molecule has 0 atom stereocenters. The molecule has 0 aliphatic carbocycles. The fourth-order valence-electron chi connectivity index (χ4n) is 2.38. The van der Waals surface area contributed by atoms with Gasteiger partial charge in [-0.1, -0.05) is 11.6 Å². The minimum Gasteiger partial charge on any atom is -0.444 e. The van der Waals surface area contributed by atoms with Crippen molar-refractivity contribution in [2.45, 2.75) is 39.7 Å². The summed E-state index contributed by atoms with van der Waals surface area (Å²) in [4.78, 5) is 25.4. The summed E-state index contributed by atoms with van der Waals surface area (Å²) in [5, 5.41) is 2.92. The second-order valence-corrected chi connectivity index (χ2v) is 7.49. The lowest BCUT2D eigenvalue weighted by Gasteiger charge is -2.39. The van der Waals surface area contributed by atoms with E-state index in [0.29, 0.717) is 23.7 Å². The SMILES string of the molecule is Cc1cc(F)c(NC(=O)CC2CN(C(=O)OC(C)(C)C)C2)cc1Cl. The summed E-state index contributed by atoms with van der Waals surface area (Å²) in [6.07, 6.45) is -0.167. The first-order chi connectivity index (χ1) is 11.0. The molecule has 0 unspecified atom stereocenters. The highest BCUT2D eigenvalue weighted by Gasteiger charge is 2.34. The van der Waals surface area contributed by atoms with Crippen LogP contribution in [0.1, 0.15) is 32.8 Å². The van der Waals surface area contributed by atoms with Crippen molar-refractivity contribution in [3.8, 4) is 0 Å². The van der Waals surface area contributed by atoms with Crippen molar-refractivity contribution in [3.63, 3.8) is 0 Å². The number of likely N-dealkylation sites (tertiary alicyclic amines) is 1. The van der Waals surface area contributed by atoms with Crippen molar-refractivity contribution in [1.82, 2.24) is 4.90 Å². The zero-order valence-electron chi connectivity index (χ0n) is 14.3. The molecule has 7 heteroatoms. The third kappa shape index (κ3) is 4.84. The highest BCUT2D eigenvalue weighted by atomic mass is 35.5. The lowest BCUT2D eigenvalue weighted by molar-refractivity contribution is -0.118. The molecule has 1 aliphatic rings. The van der Waals surface area contributed by atoms with Crippen LogP contribution in [0.3, 0.4) is 0 Å². The monoisotopic (exact) mass is 356 g/mol. The summed E-state index contributed by atoms with van der Waals surface area (Å²) in [7, 11) is 0. The molecule has 1 heterocycles. The number of ether oxygens (including phenoxy) is 1. The first-order valence-corrected chi connectivity index (χ1v) is 8.16. The third-order valence-corrected chi connectivity index (χ3v) is 4.01. The van der Waals surface area contributed by atoms with Crippen LogP contribution in [0.15, 0.2) is 12.1 Å². The van der Waals surface area contributed by atoms with E-state index in [1.807, 2.05) is 0 Å². The molecule has 132 valence electrons. The summed E-state index contributed by atoms with van der Waals surface area (Å²) in [6.45, 7) is 8.01. The van der Waals surface area contributed by atoms with E-state index in [9.17, 15) is 14.0 Å². The zero-order chi connectivity index (χ0) is 18.1. The maximum absolute atomic E-state index is 13.8. The van der Waals surface area contributed by atoms with Gasteiger partial charge >= 0.3 is 6.09 Å². The van der Waals surface area contributed by atoms with E-state index >= 15 is 0 Å². The van der Waals surface area contributed by atoms with Gasteiger partial charge in [-0.25, -0.2) is 9.18 Å². The minimum absolute atomic E-state index is 0.0431. The van der Waals surface area contributed by atoms with Gasteiger partial charge < -0.3 is 15.0 Å². The van der Waals surface area contributed by atoms with Crippen molar-refractivity contribution >= 4 is 29.3 Å². The number of rotatable bonds is 3. The van der Waals surface area contributed by atoms with Crippen LogP contribution in [0.4, 0.5) is 14.9 Å². The fraction of sp³-hybridized carbons (Fsp3) is 0.529. The molecular weight excluding hydrogens is 335 g/mol. The number of carbonyl (C=O) groups excluding carboxylic acids is 2. The molecule has 1 aliphatic heterocycles. The fourth-order valence-corrected chi connectivity index (χ4v) is 2.54. The quantitative estimate of drug-likeness (QED) is 0.891. The number of nitrogens with zero attached hydrogens (tertiary/aromatic N) is 1. The Bertz CT molecular complexity index is 652. The molecule has 0 radical (unpaired) electrons. The van der Waals surface area contributed by atoms with E-state index in [0.717, 1.165) is 0 Å². The number of hydrogen-bond donors (Lipinski definition) is 1. The molecule has 5 nitrogen and oxygen atoms in total. The van der Waals surface area contributed by atoms with Crippen LogP contribution in [0.2, 0.25) is 5.02 Å². The molecule has 2 rings (SSSR count). The number of nitrogens with one attached hydrogen (secondary N) is 1. The lowest BCUT2D eigenvalue weighted by Crippen LogP contribution is -2.52. The average Bonchev–Trinajstić information content (AvgIpc) is 2.37. The van der Waals surface area contributed by atoms with E-state index in [1.165, 1.54) is 12.1 Å². The molecule has 1 fully saturated rings. The number of anilines is 1. The Hall–Kier alpha value is -1.82. The van der Waals surface area contributed by atoms with Crippen molar-refractivity contribution in [1.29, 1.82) is 0 Å². The number of amides is 2. The van der Waals surface area contributed by atoms with Gasteiger partial charge in [-0.15, -0.1) is 0 Å². The van der Waals surface area contributed by atoms with Crippen LogP contribution in [0.25, 0.3) is 0 Å². The predicted molar refractivity (Wildman–Crippen MR) is 90.7 cm³/mol. The molecule has 0 saturated carbocycles. The van der Waals surface area contributed by atoms with Crippen LogP contribution in [-0.4, -0.2) is 35.6 Å². The van der Waals surface area contributed by atoms with Crippen molar-refractivity contribution in [2.24, 2.45) is 5.92 Å². The van der Waals surface area contributed by atoms with Crippen LogP contribution in [-0.2, 0) is 9.53 Å². The topological polar surface area (TPSA) is 58.6 Å². The van der Waals surface area contributed by atoms with Gasteiger partial charge in [-0.2, -0.15) is 0 Å². The summed E-state index contributed by atoms with van der Waals surface area (Å²) in [6, 6.07) is 2.68. The Kier molecular flexibility index (Phi) is 5.38. The molecule has 0 bridgehead atoms. The van der Waals surface area contributed by atoms with Gasteiger partial charge in [-0.3, -0.25) is 4.79 Å². The van der Waals surface area contributed by atoms with Gasteiger partial charge in [0, 0.05) is 30.5 Å². The average molecular weight is 357 g/mol. The highest BCUT2D eigenvalue weighted by Crippen LogP contribution is 2.26. The Morgan fingerprint density at radius 2 is 2.00 bits per heavy atom. The van der Waals surface area contributed by atoms with Crippen LogP contribution in [0, 0.1) is 18.7 Å². The number of aryl methyl sites for hydroxylation is 1. The number of hydrogen-bond acceptors (Lipinski definition) is 3. The predicted octanol–water partition coefficient (Wildman–Crippen LogP) is 3.98. The van der Waals surface area contributed by atoms with Crippen LogP contribution in [0.5, 0.6) is 0 Å². The normalized spacial score (nSPS) is 15.0. The maximum atomic E-state index is 13.8. The smallest absolute Gasteiger partial charge is 0.410 e. The highest BCUT2D eigenvalue weighted by molar-refractivity contribution is 6.31. The van der Waals surface area contributed by atoms with E-state index < -0.39 is 11.4 Å². The van der Waals surface area contributed by atoms with Crippen LogP contribution >= 0.6 is 11.6 Å². The summed E-state index contributed by atoms with van der Waals surface area (Å²) < 4.78 is 19.1. The molecule has 1 aromatic carbocycles. The van der Waals surface area contributed by atoms with Crippen molar-refractivity contribution in [3.05, 3.63) is 28.5 Å². The van der Waals surface area contributed by atoms with Crippen LogP contribution < -0.4 is 5.32 Å². The van der Waals surface area contributed by atoms with Gasteiger partial charge in [0.15, 0.2) is 0 Å². The Labute approximate surface area is 146 Å². The van der Waals surface area contributed by atoms with Gasteiger partial charge in [0.2, 0.25) is 5.91 Å². The van der Waals surface area contributed by atoms with Gasteiger partial charge in [0.05, 0.1) is 5.69 Å². The second-order valence-electron chi connectivity index (χ2n) is 7.08. The number of halogens is 2. The largest absolute Gasteiger partial charge is 0.444 e. The Balaban J connectivity index is 1.81. The lowest BCUT2D eigenvalue weighted by atomic mass is 9.96. The first-order valence-electron chi connectivity index (χ1n) is 7.78. The molecule has 2 amide bonds. The molecular formula is C17H22ClFN2O3. The molecule has 1 N–H and O–H groups in total. The van der Waals surface area contributed by atoms with E-state index in [1.54, 1.807) is 32.6 Å². The second kappa shape index (κ2) is 6.97. The molecule has 1 saturated heterocycles. The Morgan fingerprint density at radius 1 is 1.38 bits per heavy atom. The Morgan fingerprint density at radius 3 is 2.58 bits per heavy atom. The molecule has 0 spiro atoms. The zero-order valence-corrected chi connectivity index (χ0v) is 15.0. The minimum atomic E-state index is -0.540. The number of carbonyl (C=O) groups is 2. The summed E-state index contributed by atoms with van der Waals surface area (Å²) >= 11 is 5.94. The van der Waals surface area contributed by atoms with Crippen molar-refractivity contribution in [2.75, 3.05) is 18.4 Å². The summed E-state index contributed by atoms with van der Waals surface area (Å²) in [5.74, 6) is -0.779. The van der Waals surface area contributed by atoms with Crippen molar-refractivity contribution < 1.29 is 18.7 Å². The van der Waals surface area contributed by atoms with Gasteiger partial charge in [0.25, 0.3) is 0 Å². The van der Waals surface area contributed by atoms with Gasteiger partial charge in [0.1, 0.15) is 11.4 Å². The molecule has 24 heavy (non-hydrogen) atoms. The number of benzene rings is 1. The first kappa shape index (κ1) is 18.5. The third-order valence-electron chi connectivity index (χ3n) is 3.61. The standard InChI is InChI=1S/C17H22ClFN2O3/c1-10-5-13(19)14(7-12(10)18)20-15(22)6-11-8-21(9-11)16(23)24-17(2,3)4/h5,7,11H,6,8-9H2,1-4H3,(H,20,22). The van der Waals surface area contributed by atoms with E-state index in [-0.39, 0.29) is 30.0 Å². The summed E-state index contributed by atoms with van der Waals surface area (Å²) in [5.41, 5.74) is 0.139. The maximum Gasteiger partial charge on any atom is 0.410 e. The molecule has 0 aromatic heterocycles. The van der Waals surface area contributed by atoms with E-state index in [4.69, 9.17) is 16.3 Å². The van der Waals surface area contributed by atoms with Gasteiger partial charge in [-0.05, 0) is 45.4 Å². The van der Waals surface area contributed by atoms with E-state index in [2.05, 4.69) is 5.32 Å². The molecule has 1 aromatic rings.